The first-order chi connectivity index (χ1) is 22.2. The van der Waals surface area contributed by atoms with Gasteiger partial charge in [-0.2, -0.15) is 9.97 Å². The van der Waals surface area contributed by atoms with Crippen LogP contribution < -0.4 is 15.0 Å². The molecule has 4 fully saturated rings. The molecular formula is C36H43ClFN5O3. The number of morpholine rings is 1. The van der Waals surface area contributed by atoms with Crippen molar-refractivity contribution >= 4 is 40.0 Å². The second kappa shape index (κ2) is 12.8. The van der Waals surface area contributed by atoms with Crippen LogP contribution in [0.4, 0.5) is 10.2 Å². The van der Waals surface area contributed by atoms with E-state index < -0.39 is 5.82 Å². The third kappa shape index (κ3) is 6.61. The molecular weight excluding hydrogens is 605 g/mol. The van der Waals surface area contributed by atoms with Crippen LogP contribution in [0, 0.1) is 18.7 Å². The fourth-order valence-corrected chi connectivity index (χ4v) is 7.61. The van der Waals surface area contributed by atoms with Gasteiger partial charge in [-0.25, -0.2) is 4.39 Å². The van der Waals surface area contributed by atoms with Crippen LogP contribution in [0.1, 0.15) is 56.2 Å². The van der Waals surface area contributed by atoms with Crippen molar-refractivity contribution in [2.45, 2.75) is 64.1 Å². The van der Waals surface area contributed by atoms with Crippen LogP contribution in [-0.2, 0) is 4.74 Å². The van der Waals surface area contributed by atoms with Crippen molar-refractivity contribution in [2.75, 3.05) is 50.8 Å². The van der Waals surface area contributed by atoms with Crippen LogP contribution in [-0.4, -0.2) is 83.6 Å². The number of ether oxygens (including phenoxy) is 2. The van der Waals surface area contributed by atoms with E-state index in [1.807, 2.05) is 31.2 Å². The van der Waals surface area contributed by atoms with Crippen molar-refractivity contribution in [3.05, 3.63) is 69.7 Å². The lowest BCUT2D eigenvalue weighted by atomic mass is 10.0. The summed E-state index contributed by atoms with van der Waals surface area (Å²) in [6.45, 7) is 11.4. The summed E-state index contributed by atoms with van der Waals surface area (Å²) < 4.78 is 28.8. The summed E-state index contributed by atoms with van der Waals surface area (Å²) in [5, 5.41) is 15.3. The summed E-state index contributed by atoms with van der Waals surface area (Å²) >= 11 is 6.80. The third-order valence-electron chi connectivity index (χ3n) is 9.81. The van der Waals surface area contributed by atoms with Gasteiger partial charge in [0, 0.05) is 61.7 Å². The number of anilines is 1. The van der Waals surface area contributed by atoms with E-state index in [0.717, 1.165) is 76.1 Å². The zero-order valence-electron chi connectivity index (χ0n) is 26.9. The molecule has 1 aromatic heterocycles. The van der Waals surface area contributed by atoms with Crippen molar-refractivity contribution in [3.63, 3.8) is 0 Å². The minimum atomic E-state index is -0.553. The molecule has 10 heteroatoms. The Balaban J connectivity index is 1.19. The molecule has 2 unspecified atom stereocenters. The molecule has 1 saturated carbocycles. The van der Waals surface area contributed by atoms with E-state index in [1.165, 1.54) is 6.08 Å². The van der Waals surface area contributed by atoms with Crippen LogP contribution in [0.25, 0.3) is 22.6 Å². The normalized spacial score (nSPS) is 23.7. The number of rotatable bonds is 9. The standard InChI is InChI=1S/C36H43ClFN5O3/c1-22(17-42-12-13-46-36(21-42)10-11-36)20-45-35-40-33-29(34(41-35)43-18-26-8-9-27(19-43)39-26)16-30(37)31(32(33)38)24(3)14-28(44)15-25-7-5-4-6-23(25)2/h4-7,14-16,22,26-27,39,44H,8-13,17-21H2,1-3H3/b24-14+,28-15+/t22-,26?,27?/m1/s1. The fraction of sp³-hybridized carbons (Fsp3) is 0.500. The summed E-state index contributed by atoms with van der Waals surface area (Å²) in [5.41, 5.74) is 2.84. The summed E-state index contributed by atoms with van der Waals surface area (Å²) in [6, 6.07) is 10.4. The predicted molar refractivity (Wildman–Crippen MR) is 181 cm³/mol. The van der Waals surface area contributed by atoms with E-state index in [0.29, 0.717) is 35.5 Å². The maximum Gasteiger partial charge on any atom is 0.319 e. The molecule has 0 radical (unpaired) electrons. The molecule has 1 spiro atoms. The number of nitrogens with one attached hydrogen (secondary N) is 1. The summed E-state index contributed by atoms with van der Waals surface area (Å²) in [4.78, 5) is 14.2. The van der Waals surface area contributed by atoms with Crippen LogP contribution in [0.3, 0.4) is 0 Å². The number of hydrogen-bond donors (Lipinski definition) is 2. The average Bonchev–Trinajstić information content (AvgIpc) is 3.67. The Morgan fingerprint density at radius 3 is 2.74 bits per heavy atom. The molecule has 2 bridgehead atoms. The first-order valence-corrected chi connectivity index (χ1v) is 16.9. The number of fused-ring (bicyclic) bond motifs is 3. The Morgan fingerprint density at radius 1 is 1.24 bits per heavy atom. The van der Waals surface area contributed by atoms with Gasteiger partial charge in [0.05, 0.1) is 23.8 Å². The van der Waals surface area contributed by atoms with Crippen molar-refractivity contribution in [2.24, 2.45) is 5.92 Å². The monoisotopic (exact) mass is 647 g/mol. The summed E-state index contributed by atoms with van der Waals surface area (Å²) in [7, 11) is 0. The smallest absolute Gasteiger partial charge is 0.319 e. The van der Waals surface area contributed by atoms with Gasteiger partial charge in [0.2, 0.25) is 0 Å². The summed E-state index contributed by atoms with van der Waals surface area (Å²) in [6.07, 6.45) is 7.71. The molecule has 46 heavy (non-hydrogen) atoms. The highest BCUT2D eigenvalue weighted by molar-refractivity contribution is 6.33. The van der Waals surface area contributed by atoms with Gasteiger partial charge in [-0.05, 0) is 74.4 Å². The minimum absolute atomic E-state index is 0.00733. The lowest BCUT2D eigenvalue weighted by molar-refractivity contribution is -0.0507. The van der Waals surface area contributed by atoms with Crippen LogP contribution in [0.5, 0.6) is 6.01 Å². The van der Waals surface area contributed by atoms with Gasteiger partial charge in [0.25, 0.3) is 0 Å². The molecule has 3 atom stereocenters. The molecule has 3 aromatic rings. The SMILES string of the molecule is C/C(=C\C(O)=C/c1ccccc1C)c1c(Cl)cc2c(N3CC4CCC(C3)N4)nc(OC[C@H](C)CN3CCOC4(CC4)C3)nc2c1F. The highest BCUT2D eigenvalue weighted by Gasteiger charge is 2.47. The van der Waals surface area contributed by atoms with E-state index in [-0.39, 0.29) is 39.4 Å². The number of aliphatic hydroxyl groups is 1. The van der Waals surface area contributed by atoms with Crippen molar-refractivity contribution < 1.29 is 19.0 Å². The second-order valence-corrected chi connectivity index (χ2v) is 14.2. The van der Waals surface area contributed by atoms with E-state index >= 15 is 4.39 Å². The minimum Gasteiger partial charge on any atom is -0.508 e. The Labute approximate surface area is 275 Å². The Hall–Kier alpha value is -3.24. The molecule has 4 aliphatic rings. The molecule has 0 amide bonds. The Morgan fingerprint density at radius 2 is 2.00 bits per heavy atom. The quantitative estimate of drug-likeness (QED) is 0.200. The van der Waals surface area contributed by atoms with Crippen molar-refractivity contribution in [1.82, 2.24) is 20.2 Å². The average molecular weight is 648 g/mol. The van der Waals surface area contributed by atoms with Crippen molar-refractivity contribution in [3.8, 4) is 6.01 Å². The van der Waals surface area contributed by atoms with Crippen LogP contribution in [0.15, 0.2) is 42.2 Å². The molecule has 3 aliphatic heterocycles. The van der Waals surface area contributed by atoms with E-state index in [1.54, 1.807) is 19.1 Å². The molecule has 7 rings (SSSR count). The largest absolute Gasteiger partial charge is 0.508 e. The van der Waals surface area contributed by atoms with Crippen LogP contribution >= 0.6 is 11.6 Å². The molecule has 3 saturated heterocycles. The van der Waals surface area contributed by atoms with Gasteiger partial charge in [0.1, 0.15) is 17.1 Å². The fourth-order valence-electron chi connectivity index (χ4n) is 7.27. The maximum absolute atomic E-state index is 16.6. The predicted octanol–water partition coefficient (Wildman–Crippen LogP) is 6.55. The number of aliphatic hydroxyl groups excluding tert-OH is 1. The lowest BCUT2D eigenvalue weighted by Gasteiger charge is -2.35. The first kappa shape index (κ1) is 31.4. The van der Waals surface area contributed by atoms with E-state index in [2.05, 4.69) is 27.0 Å². The van der Waals surface area contributed by atoms with E-state index in [9.17, 15) is 5.11 Å². The lowest BCUT2D eigenvalue weighted by Crippen LogP contribution is -2.51. The third-order valence-corrected chi connectivity index (χ3v) is 10.1. The number of aryl methyl sites for hydroxylation is 1. The second-order valence-electron chi connectivity index (χ2n) is 13.8. The molecule has 2 aromatic carbocycles. The zero-order valence-corrected chi connectivity index (χ0v) is 27.6. The van der Waals surface area contributed by atoms with Gasteiger partial charge in [0.15, 0.2) is 5.82 Å². The number of piperazine rings is 1. The van der Waals surface area contributed by atoms with Gasteiger partial charge >= 0.3 is 6.01 Å². The number of halogens is 2. The Kier molecular flexibility index (Phi) is 8.69. The topological polar surface area (TPSA) is 83.0 Å². The number of aromatic nitrogens is 2. The number of nitrogens with zero attached hydrogens (tertiary/aromatic N) is 4. The number of allylic oxidation sites excluding steroid dienone is 2. The number of hydrogen-bond acceptors (Lipinski definition) is 8. The van der Waals surface area contributed by atoms with Gasteiger partial charge < -0.3 is 24.8 Å². The molecule has 8 nitrogen and oxygen atoms in total. The molecule has 1 aliphatic carbocycles. The van der Waals surface area contributed by atoms with Crippen LogP contribution in [0.2, 0.25) is 5.02 Å². The summed E-state index contributed by atoms with van der Waals surface area (Å²) in [5.74, 6) is 0.326. The van der Waals surface area contributed by atoms with Gasteiger partial charge in [-0.15, -0.1) is 0 Å². The molecule has 4 heterocycles. The highest BCUT2D eigenvalue weighted by atomic mass is 35.5. The van der Waals surface area contributed by atoms with Gasteiger partial charge in [-0.3, -0.25) is 4.90 Å². The van der Waals surface area contributed by atoms with Gasteiger partial charge in [-0.1, -0.05) is 42.8 Å². The van der Waals surface area contributed by atoms with Crippen molar-refractivity contribution in [1.29, 1.82) is 0 Å². The zero-order chi connectivity index (χ0) is 32.0. The molecule has 2 N–H and O–H groups in total. The van der Waals surface area contributed by atoms with E-state index in [4.69, 9.17) is 26.1 Å². The highest BCUT2D eigenvalue weighted by Crippen LogP contribution is 2.42. The first-order valence-electron chi connectivity index (χ1n) is 16.5. The Bertz CT molecular complexity index is 1680. The molecule has 244 valence electrons. The maximum atomic E-state index is 16.6. The number of benzene rings is 2.